The second-order valence-corrected chi connectivity index (χ2v) is 5.20. The quantitative estimate of drug-likeness (QED) is 0.866. The zero-order valence-electron chi connectivity index (χ0n) is 11.2. The monoisotopic (exact) mass is 266 g/mol. The van der Waals surface area contributed by atoms with E-state index in [0.29, 0.717) is 13.1 Å². The lowest BCUT2D eigenvalue weighted by atomic mass is 10.1. The second-order valence-electron chi connectivity index (χ2n) is 5.20. The maximum absolute atomic E-state index is 12.8. The molecule has 0 spiro atoms. The molecule has 1 amide bonds. The molecule has 1 N–H and O–H groups in total. The number of hydrogen-bond donors (Lipinski definition) is 1. The van der Waals surface area contributed by atoms with Crippen molar-refractivity contribution < 1.29 is 14.3 Å². The number of aliphatic hydroxyl groups is 1. The van der Waals surface area contributed by atoms with Crippen LogP contribution in [-0.4, -0.2) is 60.1 Å². The molecule has 1 saturated heterocycles. The summed E-state index contributed by atoms with van der Waals surface area (Å²) in [7, 11) is 3.78. The molecule has 1 fully saturated rings. The van der Waals surface area contributed by atoms with Crippen molar-refractivity contribution in [1.29, 1.82) is 0 Å². The number of amides is 1. The summed E-state index contributed by atoms with van der Waals surface area (Å²) in [4.78, 5) is 15.7. The molecule has 19 heavy (non-hydrogen) atoms. The second kappa shape index (κ2) is 5.67. The summed E-state index contributed by atoms with van der Waals surface area (Å²) in [5.74, 6) is -0.338. The van der Waals surface area contributed by atoms with E-state index in [1.165, 1.54) is 12.1 Å². The van der Waals surface area contributed by atoms with Gasteiger partial charge in [0.05, 0.1) is 18.6 Å². The SMILES string of the molecule is CN(C)[C@@H]1CN(C(=O)Cc2ccc(F)cc2)C[C@H]1O. The number of likely N-dealkylation sites (N-methyl/N-ethyl adjacent to an activating group) is 1. The molecule has 4 nitrogen and oxygen atoms in total. The van der Waals surface area contributed by atoms with Crippen molar-refractivity contribution in [3.63, 3.8) is 0 Å². The van der Waals surface area contributed by atoms with Crippen LogP contribution < -0.4 is 0 Å². The van der Waals surface area contributed by atoms with Gasteiger partial charge in [0.15, 0.2) is 0 Å². The largest absolute Gasteiger partial charge is 0.390 e. The van der Waals surface area contributed by atoms with E-state index in [1.807, 2.05) is 19.0 Å². The van der Waals surface area contributed by atoms with E-state index in [0.717, 1.165) is 5.56 Å². The van der Waals surface area contributed by atoms with Crippen LogP contribution in [0, 0.1) is 5.82 Å². The van der Waals surface area contributed by atoms with E-state index >= 15 is 0 Å². The highest BCUT2D eigenvalue weighted by Crippen LogP contribution is 2.16. The van der Waals surface area contributed by atoms with Gasteiger partial charge in [-0.3, -0.25) is 4.79 Å². The van der Waals surface area contributed by atoms with Crippen LogP contribution in [0.2, 0.25) is 0 Å². The molecule has 0 saturated carbocycles. The predicted octanol–water partition coefficient (Wildman–Crippen LogP) is 0.501. The molecule has 1 aliphatic heterocycles. The van der Waals surface area contributed by atoms with Crippen molar-refractivity contribution in [3.8, 4) is 0 Å². The Hall–Kier alpha value is -1.46. The molecule has 1 aliphatic rings. The molecule has 0 unspecified atom stereocenters. The number of β-amino-alcohol motifs (C(OH)–C–C–N with tert-alkyl or cyclic N) is 1. The topological polar surface area (TPSA) is 43.8 Å². The first-order chi connectivity index (χ1) is 8.97. The minimum Gasteiger partial charge on any atom is -0.390 e. The van der Waals surface area contributed by atoms with E-state index < -0.39 is 6.10 Å². The Bertz CT molecular complexity index is 447. The fraction of sp³-hybridized carbons (Fsp3) is 0.500. The maximum Gasteiger partial charge on any atom is 0.227 e. The van der Waals surface area contributed by atoms with Gasteiger partial charge in [-0.2, -0.15) is 0 Å². The first-order valence-corrected chi connectivity index (χ1v) is 6.34. The lowest BCUT2D eigenvalue weighted by Gasteiger charge is -2.21. The number of benzene rings is 1. The fourth-order valence-corrected chi connectivity index (χ4v) is 2.37. The molecule has 104 valence electrons. The van der Waals surface area contributed by atoms with Crippen LogP contribution in [0.1, 0.15) is 5.56 Å². The van der Waals surface area contributed by atoms with Crippen molar-refractivity contribution in [3.05, 3.63) is 35.6 Å². The van der Waals surface area contributed by atoms with E-state index in [1.54, 1.807) is 17.0 Å². The molecule has 1 aromatic carbocycles. The molecule has 0 radical (unpaired) electrons. The van der Waals surface area contributed by atoms with Crippen molar-refractivity contribution in [1.82, 2.24) is 9.80 Å². The Morgan fingerprint density at radius 2 is 2.00 bits per heavy atom. The van der Waals surface area contributed by atoms with Crippen LogP contribution in [0.25, 0.3) is 0 Å². The summed E-state index contributed by atoms with van der Waals surface area (Å²) in [6.45, 7) is 0.900. The van der Waals surface area contributed by atoms with Crippen LogP contribution in [0.3, 0.4) is 0 Å². The third-order valence-electron chi connectivity index (χ3n) is 3.54. The molecule has 1 aromatic rings. The Labute approximate surface area is 112 Å². The van der Waals surface area contributed by atoms with Crippen LogP contribution >= 0.6 is 0 Å². The van der Waals surface area contributed by atoms with Gasteiger partial charge in [0.1, 0.15) is 5.82 Å². The number of nitrogens with zero attached hydrogens (tertiary/aromatic N) is 2. The van der Waals surface area contributed by atoms with E-state index in [2.05, 4.69) is 0 Å². The zero-order valence-corrected chi connectivity index (χ0v) is 11.2. The average molecular weight is 266 g/mol. The maximum atomic E-state index is 12.8. The number of halogens is 1. The molecular weight excluding hydrogens is 247 g/mol. The van der Waals surface area contributed by atoms with Crippen molar-refractivity contribution >= 4 is 5.91 Å². The molecule has 2 atom stereocenters. The Morgan fingerprint density at radius 3 is 2.53 bits per heavy atom. The Morgan fingerprint density at radius 1 is 1.37 bits per heavy atom. The van der Waals surface area contributed by atoms with E-state index in [-0.39, 0.29) is 24.2 Å². The number of carbonyl (C=O) groups excluding carboxylic acids is 1. The molecule has 5 heteroatoms. The molecule has 0 bridgehead atoms. The summed E-state index contributed by atoms with van der Waals surface area (Å²) in [6, 6.07) is 5.91. The Kier molecular flexibility index (Phi) is 4.17. The highest BCUT2D eigenvalue weighted by atomic mass is 19.1. The molecular formula is C14H19FN2O2. The van der Waals surface area contributed by atoms with Crippen LogP contribution in [-0.2, 0) is 11.2 Å². The van der Waals surface area contributed by atoms with Crippen molar-refractivity contribution in [2.24, 2.45) is 0 Å². The van der Waals surface area contributed by atoms with Gasteiger partial charge in [0, 0.05) is 13.1 Å². The lowest BCUT2D eigenvalue weighted by Crippen LogP contribution is -2.38. The Balaban J connectivity index is 1.96. The van der Waals surface area contributed by atoms with Gasteiger partial charge in [0.2, 0.25) is 5.91 Å². The minimum atomic E-state index is -0.507. The van der Waals surface area contributed by atoms with Crippen LogP contribution in [0.5, 0.6) is 0 Å². The third kappa shape index (κ3) is 3.30. The zero-order chi connectivity index (χ0) is 14.0. The number of aliphatic hydroxyl groups excluding tert-OH is 1. The number of likely N-dealkylation sites (tertiary alicyclic amines) is 1. The lowest BCUT2D eigenvalue weighted by molar-refractivity contribution is -0.129. The summed E-state index contributed by atoms with van der Waals surface area (Å²) in [6.07, 6.45) is -0.264. The van der Waals surface area contributed by atoms with Gasteiger partial charge < -0.3 is 14.9 Å². The first kappa shape index (κ1) is 14.0. The summed E-state index contributed by atoms with van der Waals surface area (Å²) in [5.41, 5.74) is 0.786. The van der Waals surface area contributed by atoms with E-state index in [9.17, 15) is 14.3 Å². The normalized spacial score (nSPS) is 23.1. The molecule has 1 heterocycles. The van der Waals surface area contributed by atoms with Gasteiger partial charge in [0.25, 0.3) is 0 Å². The third-order valence-corrected chi connectivity index (χ3v) is 3.54. The minimum absolute atomic E-state index is 0.0165. The summed E-state index contributed by atoms with van der Waals surface area (Å²) >= 11 is 0. The van der Waals surface area contributed by atoms with Crippen LogP contribution in [0.4, 0.5) is 4.39 Å². The van der Waals surface area contributed by atoms with Gasteiger partial charge in [-0.25, -0.2) is 4.39 Å². The van der Waals surface area contributed by atoms with Gasteiger partial charge >= 0.3 is 0 Å². The van der Waals surface area contributed by atoms with E-state index in [4.69, 9.17) is 0 Å². The first-order valence-electron chi connectivity index (χ1n) is 6.34. The summed E-state index contributed by atoms with van der Waals surface area (Å²) in [5, 5.41) is 9.90. The highest BCUT2D eigenvalue weighted by molar-refractivity contribution is 5.79. The smallest absolute Gasteiger partial charge is 0.227 e. The average Bonchev–Trinajstić information content (AvgIpc) is 2.74. The highest BCUT2D eigenvalue weighted by Gasteiger charge is 2.34. The predicted molar refractivity (Wildman–Crippen MR) is 70.2 cm³/mol. The molecule has 0 aliphatic carbocycles. The number of rotatable bonds is 3. The number of carbonyl (C=O) groups is 1. The van der Waals surface area contributed by atoms with Gasteiger partial charge in [-0.15, -0.1) is 0 Å². The summed E-state index contributed by atoms with van der Waals surface area (Å²) < 4.78 is 12.8. The number of hydrogen-bond acceptors (Lipinski definition) is 3. The van der Waals surface area contributed by atoms with Crippen LogP contribution in [0.15, 0.2) is 24.3 Å². The standard InChI is InChI=1S/C14H19FN2O2/c1-16(2)12-8-17(9-13(12)18)14(19)7-10-3-5-11(15)6-4-10/h3-6,12-13,18H,7-9H2,1-2H3/t12-,13-/m1/s1. The fourth-order valence-electron chi connectivity index (χ4n) is 2.37. The van der Waals surface area contributed by atoms with Gasteiger partial charge in [-0.05, 0) is 31.8 Å². The molecule has 0 aromatic heterocycles. The van der Waals surface area contributed by atoms with Crippen molar-refractivity contribution in [2.45, 2.75) is 18.6 Å². The van der Waals surface area contributed by atoms with Crippen molar-refractivity contribution in [2.75, 3.05) is 27.2 Å². The van der Waals surface area contributed by atoms with Gasteiger partial charge in [-0.1, -0.05) is 12.1 Å². The molecule has 2 rings (SSSR count).